The highest BCUT2D eigenvalue weighted by molar-refractivity contribution is 7.11. The smallest absolute Gasteiger partial charge is 0.278 e. The molecule has 2 amide bonds. The first-order chi connectivity index (χ1) is 14.2. The fourth-order valence-corrected chi connectivity index (χ4v) is 4.05. The Bertz CT molecular complexity index is 939. The number of carbonyl (C=O) groups is 2. The molecule has 1 aromatic carbocycles. The van der Waals surface area contributed by atoms with Gasteiger partial charge in [0, 0.05) is 36.4 Å². The van der Waals surface area contributed by atoms with Crippen molar-refractivity contribution in [3.63, 3.8) is 0 Å². The average molecular weight is 414 g/mol. The molecule has 0 saturated carbocycles. The zero-order chi connectivity index (χ0) is 20.2. The second-order valence-electron chi connectivity index (χ2n) is 6.52. The number of thiophene rings is 1. The summed E-state index contributed by atoms with van der Waals surface area (Å²) in [5, 5.41) is 5.04. The number of anilines is 1. The van der Waals surface area contributed by atoms with E-state index in [0.29, 0.717) is 62.2 Å². The van der Waals surface area contributed by atoms with Crippen LogP contribution in [-0.2, 0) is 14.3 Å². The number of carbonyl (C=O) groups excluding carboxylic acids is 2. The highest BCUT2D eigenvalue weighted by atomic mass is 32.1. The van der Waals surface area contributed by atoms with Gasteiger partial charge in [-0.3, -0.25) is 14.5 Å². The van der Waals surface area contributed by atoms with Gasteiger partial charge in [-0.25, -0.2) is 0 Å². The van der Waals surface area contributed by atoms with E-state index in [-0.39, 0.29) is 17.5 Å². The first kappa shape index (κ1) is 19.5. The Morgan fingerprint density at radius 3 is 2.72 bits per heavy atom. The highest BCUT2D eigenvalue weighted by Gasteiger charge is 2.39. The minimum absolute atomic E-state index is 0.283. The Kier molecular flexibility index (Phi) is 5.82. The second kappa shape index (κ2) is 8.67. The lowest BCUT2D eigenvalue weighted by molar-refractivity contribution is -0.137. The molecule has 0 radical (unpaired) electrons. The van der Waals surface area contributed by atoms with E-state index in [0.717, 1.165) is 4.88 Å². The summed E-state index contributed by atoms with van der Waals surface area (Å²) in [6, 6.07) is 9.10. The molecule has 2 aliphatic rings. The molecule has 4 rings (SSSR count). The van der Waals surface area contributed by atoms with Crippen molar-refractivity contribution in [2.24, 2.45) is 0 Å². The third kappa shape index (κ3) is 3.99. The molecular weight excluding hydrogens is 392 g/mol. The van der Waals surface area contributed by atoms with Crippen LogP contribution in [0.4, 0.5) is 5.69 Å². The predicted octanol–water partition coefficient (Wildman–Crippen LogP) is 3.14. The van der Waals surface area contributed by atoms with Crippen molar-refractivity contribution < 1.29 is 23.8 Å². The molecule has 2 aromatic rings. The standard InChI is InChI=1S/C21H22N2O5S/c1-2-26-9-4-8-23-20(24)18(17-5-3-12-29-17)19(21(23)25)22-14-6-7-15-16(13-14)28-11-10-27-15/h3,5-7,12-13,22H,2,4,8-11H2,1H3. The fraction of sp³-hybridized carbons (Fsp3) is 0.333. The zero-order valence-electron chi connectivity index (χ0n) is 16.1. The van der Waals surface area contributed by atoms with E-state index >= 15 is 0 Å². The summed E-state index contributed by atoms with van der Waals surface area (Å²) in [6.45, 7) is 4.34. The normalized spacial score (nSPS) is 16.0. The number of nitrogens with zero attached hydrogens (tertiary/aromatic N) is 1. The van der Waals surface area contributed by atoms with Crippen molar-refractivity contribution in [1.29, 1.82) is 0 Å². The van der Waals surface area contributed by atoms with Crippen molar-refractivity contribution in [2.75, 3.05) is 38.3 Å². The van der Waals surface area contributed by atoms with E-state index in [1.54, 1.807) is 12.1 Å². The van der Waals surface area contributed by atoms with Crippen LogP contribution >= 0.6 is 11.3 Å². The van der Waals surface area contributed by atoms with Crippen LogP contribution in [0.3, 0.4) is 0 Å². The Hall–Kier alpha value is -2.84. The molecule has 0 bridgehead atoms. The Balaban J connectivity index is 1.61. The van der Waals surface area contributed by atoms with Crippen LogP contribution in [0.25, 0.3) is 5.57 Å². The summed E-state index contributed by atoms with van der Waals surface area (Å²) in [5.41, 5.74) is 1.34. The lowest BCUT2D eigenvalue weighted by Gasteiger charge is -2.19. The molecule has 3 heterocycles. The van der Waals surface area contributed by atoms with E-state index in [2.05, 4.69) is 5.32 Å². The Morgan fingerprint density at radius 2 is 1.97 bits per heavy atom. The van der Waals surface area contributed by atoms with E-state index in [9.17, 15) is 9.59 Å². The van der Waals surface area contributed by atoms with Crippen LogP contribution in [0, 0.1) is 0 Å². The topological polar surface area (TPSA) is 77.1 Å². The molecule has 0 aliphatic carbocycles. The quantitative estimate of drug-likeness (QED) is 0.528. The molecule has 29 heavy (non-hydrogen) atoms. The van der Waals surface area contributed by atoms with Gasteiger partial charge in [0.25, 0.3) is 11.8 Å². The number of fused-ring (bicyclic) bond motifs is 1. The van der Waals surface area contributed by atoms with E-state index in [1.807, 2.05) is 30.5 Å². The van der Waals surface area contributed by atoms with Crippen LogP contribution in [-0.4, -0.2) is 49.7 Å². The lowest BCUT2D eigenvalue weighted by Crippen LogP contribution is -2.34. The molecule has 0 spiro atoms. The van der Waals surface area contributed by atoms with Gasteiger partial charge in [0.05, 0.1) is 5.57 Å². The third-order valence-corrected chi connectivity index (χ3v) is 5.51. The summed E-state index contributed by atoms with van der Waals surface area (Å²) >= 11 is 1.43. The van der Waals surface area contributed by atoms with Gasteiger partial charge in [-0.1, -0.05) is 6.07 Å². The van der Waals surface area contributed by atoms with Gasteiger partial charge < -0.3 is 19.5 Å². The molecular formula is C21H22N2O5S. The van der Waals surface area contributed by atoms with E-state index in [4.69, 9.17) is 14.2 Å². The monoisotopic (exact) mass is 414 g/mol. The van der Waals surface area contributed by atoms with Crippen LogP contribution < -0.4 is 14.8 Å². The Labute approximate surface area is 172 Å². The first-order valence-corrected chi connectivity index (χ1v) is 10.5. The molecule has 0 unspecified atom stereocenters. The molecule has 8 heteroatoms. The molecule has 1 aromatic heterocycles. The van der Waals surface area contributed by atoms with Gasteiger partial charge in [0.15, 0.2) is 11.5 Å². The molecule has 7 nitrogen and oxygen atoms in total. The number of nitrogens with one attached hydrogen (secondary N) is 1. The Morgan fingerprint density at radius 1 is 1.14 bits per heavy atom. The largest absolute Gasteiger partial charge is 0.486 e. The van der Waals surface area contributed by atoms with Crippen LogP contribution in [0.5, 0.6) is 11.5 Å². The number of benzene rings is 1. The van der Waals surface area contributed by atoms with Gasteiger partial charge >= 0.3 is 0 Å². The van der Waals surface area contributed by atoms with E-state index < -0.39 is 0 Å². The fourth-order valence-electron chi connectivity index (χ4n) is 3.28. The predicted molar refractivity (Wildman–Crippen MR) is 110 cm³/mol. The number of imide groups is 1. The third-order valence-electron chi connectivity index (χ3n) is 4.62. The maximum atomic E-state index is 13.1. The highest BCUT2D eigenvalue weighted by Crippen LogP contribution is 2.36. The molecule has 152 valence electrons. The maximum Gasteiger partial charge on any atom is 0.278 e. The van der Waals surface area contributed by atoms with Gasteiger partial charge in [0.1, 0.15) is 18.9 Å². The molecule has 0 atom stereocenters. The number of rotatable bonds is 8. The molecule has 2 aliphatic heterocycles. The summed E-state index contributed by atoms with van der Waals surface area (Å²) in [5.74, 6) is 0.671. The van der Waals surface area contributed by atoms with Gasteiger partial charge in [0.2, 0.25) is 0 Å². The van der Waals surface area contributed by atoms with Gasteiger partial charge in [-0.2, -0.15) is 0 Å². The second-order valence-corrected chi connectivity index (χ2v) is 7.47. The van der Waals surface area contributed by atoms with Crippen molar-refractivity contribution in [2.45, 2.75) is 13.3 Å². The summed E-state index contributed by atoms with van der Waals surface area (Å²) in [4.78, 5) is 28.2. The number of hydrogen-bond acceptors (Lipinski definition) is 7. The van der Waals surface area contributed by atoms with Crippen molar-refractivity contribution in [1.82, 2.24) is 4.90 Å². The number of hydrogen-bond donors (Lipinski definition) is 1. The van der Waals surface area contributed by atoms with Crippen molar-refractivity contribution in [3.8, 4) is 11.5 Å². The zero-order valence-corrected chi connectivity index (χ0v) is 16.9. The van der Waals surface area contributed by atoms with Crippen LogP contribution in [0.15, 0.2) is 41.4 Å². The minimum Gasteiger partial charge on any atom is -0.486 e. The summed E-state index contributed by atoms with van der Waals surface area (Å²) < 4.78 is 16.5. The van der Waals surface area contributed by atoms with Crippen LogP contribution in [0.2, 0.25) is 0 Å². The minimum atomic E-state index is -0.329. The number of ether oxygens (including phenoxy) is 3. The van der Waals surface area contributed by atoms with Crippen molar-refractivity contribution in [3.05, 3.63) is 46.3 Å². The lowest BCUT2D eigenvalue weighted by atomic mass is 10.1. The van der Waals surface area contributed by atoms with Gasteiger partial charge in [-0.05, 0) is 36.9 Å². The SMILES string of the molecule is CCOCCCN1C(=O)C(Nc2ccc3c(c2)OCCO3)=C(c2cccs2)C1=O. The van der Waals surface area contributed by atoms with Crippen molar-refractivity contribution >= 4 is 34.4 Å². The van der Waals surface area contributed by atoms with E-state index in [1.165, 1.54) is 16.2 Å². The summed E-state index contributed by atoms with van der Waals surface area (Å²) in [7, 11) is 0. The molecule has 0 saturated heterocycles. The van der Waals surface area contributed by atoms with Gasteiger partial charge in [-0.15, -0.1) is 11.3 Å². The maximum absolute atomic E-state index is 13.1. The average Bonchev–Trinajstić information content (AvgIpc) is 3.33. The molecule has 0 fully saturated rings. The molecule has 1 N–H and O–H groups in total. The summed E-state index contributed by atoms with van der Waals surface area (Å²) in [6.07, 6.45) is 0.598. The first-order valence-electron chi connectivity index (χ1n) is 9.57. The van der Waals surface area contributed by atoms with Crippen LogP contribution in [0.1, 0.15) is 18.2 Å². The number of amides is 2.